The Morgan fingerprint density at radius 2 is 1.54 bits per heavy atom. The molecule has 0 aliphatic carbocycles. The first-order chi connectivity index (χ1) is 13.1. The summed E-state index contributed by atoms with van der Waals surface area (Å²) in [6, 6.07) is 4.80. The van der Waals surface area contributed by atoms with Crippen LogP contribution in [0.15, 0.2) is 24.3 Å². The van der Waals surface area contributed by atoms with E-state index in [1.165, 1.54) is 26.2 Å². The Morgan fingerprint density at radius 1 is 1.00 bits per heavy atom. The minimum Gasteiger partial charge on any atom is -0.495 e. The third-order valence-electron chi connectivity index (χ3n) is 4.46. The lowest BCUT2D eigenvalue weighted by Crippen LogP contribution is -2.45. The van der Waals surface area contributed by atoms with E-state index >= 15 is 0 Å². The van der Waals surface area contributed by atoms with Crippen LogP contribution in [0.5, 0.6) is 5.75 Å². The average molecular weight is 442 g/mol. The van der Waals surface area contributed by atoms with Crippen LogP contribution in [0.25, 0.3) is 0 Å². The summed E-state index contributed by atoms with van der Waals surface area (Å²) < 4.78 is 5.23. The highest BCUT2D eigenvalue weighted by molar-refractivity contribution is 6.43. The van der Waals surface area contributed by atoms with Crippen LogP contribution in [-0.4, -0.2) is 35.8 Å². The third kappa shape index (κ3) is 3.43. The van der Waals surface area contributed by atoms with Crippen molar-refractivity contribution in [2.45, 2.75) is 19.9 Å². The maximum atomic E-state index is 12.7. The average Bonchev–Trinajstić information content (AvgIpc) is 2.88. The number of ether oxygens (including phenoxy) is 1. The number of amides is 3. The Hall–Kier alpha value is -2.28. The van der Waals surface area contributed by atoms with Crippen LogP contribution < -0.4 is 10.1 Å². The van der Waals surface area contributed by atoms with E-state index in [2.05, 4.69) is 5.32 Å². The van der Waals surface area contributed by atoms with Crippen molar-refractivity contribution < 1.29 is 19.1 Å². The molecule has 9 heteroatoms. The van der Waals surface area contributed by atoms with Gasteiger partial charge in [-0.3, -0.25) is 19.3 Å². The monoisotopic (exact) mass is 440 g/mol. The van der Waals surface area contributed by atoms with Gasteiger partial charge >= 0.3 is 0 Å². The zero-order valence-electron chi connectivity index (χ0n) is 15.1. The molecule has 1 aliphatic rings. The van der Waals surface area contributed by atoms with Crippen molar-refractivity contribution in [3.8, 4) is 5.75 Å². The van der Waals surface area contributed by atoms with E-state index in [0.29, 0.717) is 16.5 Å². The van der Waals surface area contributed by atoms with Crippen molar-refractivity contribution in [3.05, 3.63) is 56.0 Å². The van der Waals surface area contributed by atoms with E-state index < -0.39 is 23.8 Å². The predicted molar refractivity (Wildman–Crippen MR) is 108 cm³/mol. The van der Waals surface area contributed by atoms with Crippen LogP contribution in [0.2, 0.25) is 15.1 Å². The number of rotatable bonds is 4. The summed E-state index contributed by atoms with van der Waals surface area (Å²) in [4.78, 5) is 39.0. The summed E-state index contributed by atoms with van der Waals surface area (Å²) in [5.74, 6) is -1.43. The Kier molecular flexibility index (Phi) is 5.57. The van der Waals surface area contributed by atoms with Crippen LogP contribution in [0, 0.1) is 6.92 Å². The highest BCUT2D eigenvalue weighted by Gasteiger charge is 2.41. The first-order valence-corrected chi connectivity index (χ1v) is 9.31. The first-order valence-electron chi connectivity index (χ1n) is 8.17. The van der Waals surface area contributed by atoms with E-state index in [1.807, 2.05) is 0 Å². The lowest BCUT2D eigenvalue weighted by molar-refractivity contribution is -0.119. The zero-order chi connectivity index (χ0) is 20.7. The Balaban J connectivity index is 1.88. The SMILES string of the molecule is COc1cc(Cl)c(C)cc1NC(=O)[C@H](C)N1C(=O)c2cc(Cl)c(Cl)cc2C1=O. The molecule has 0 fully saturated rings. The van der Waals surface area contributed by atoms with Crippen molar-refractivity contribution >= 4 is 58.2 Å². The molecule has 0 spiro atoms. The molecule has 0 aromatic heterocycles. The standard InChI is InChI=1S/C19H15Cl3N2O4/c1-8-4-15(16(28-3)7-12(8)20)23-17(25)9(2)24-18(26)10-5-13(21)14(22)6-11(10)19(24)27/h4-7,9H,1-3H3,(H,23,25)/t9-/m0/s1. The number of methoxy groups -OCH3 is 1. The van der Waals surface area contributed by atoms with Crippen molar-refractivity contribution in [2.24, 2.45) is 0 Å². The van der Waals surface area contributed by atoms with Crippen LogP contribution in [0.1, 0.15) is 33.2 Å². The molecule has 3 rings (SSSR count). The second kappa shape index (κ2) is 7.62. The van der Waals surface area contributed by atoms with Crippen LogP contribution >= 0.6 is 34.8 Å². The third-order valence-corrected chi connectivity index (χ3v) is 5.59. The second-order valence-corrected chi connectivity index (χ2v) is 7.48. The van der Waals surface area contributed by atoms with Crippen LogP contribution in [-0.2, 0) is 4.79 Å². The van der Waals surface area contributed by atoms with Crippen molar-refractivity contribution in [1.29, 1.82) is 0 Å². The van der Waals surface area contributed by atoms with E-state index in [9.17, 15) is 14.4 Å². The van der Waals surface area contributed by atoms with E-state index in [-0.39, 0.29) is 21.2 Å². The number of anilines is 1. The first kappa shape index (κ1) is 20.5. The normalized spacial score (nSPS) is 14.1. The van der Waals surface area contributed by atoms with Crippen molar-refractivity contribution in [3.63, 3.8) is 0 Å². The Bertz CT molecular complexity index is 982. The van der Waals surface area contributed by atoms with Gasteiger partial charge in [-0.25, -0.2) is 0 Å². The van der Waals surface area contributed by atoms with Gasteiger partial charge < -0.3 is 10.1 Å². The minimum atomic E-state index is -1.08. The summed E-state index contributed by atoms with van der Waals surface area (Å²) in [6.45, 7) is 3.23. The molecule has 2 aromatic carbocycles. The summed E-state index contributed by atoms with van der Waals surface area (Å²) in [5, 5.41) is 3.47. The fraction of sp³-hybridized carbons (Fsp3) is 0.211. The summed E-state index contributed by atoms with van der Waals surface area (Å²) in [5.41, 5.74) is 1.33. The van der Waals surface area contributed by atoms with Gasteiger partial charge in [-0.2, -0.15) is 0 Å². The maximum Gasteiger partial charge on any atom is 0.262 e. The molecule has 146 valence electrons. The van der Waals surface area contributed by atoms with Gasteiger partial charge in [0.15, 0.2) is 0 Å². The molecule has 3 amide bonds. The highest BCUT2D eigenvalue weighted by atomic mass is 35.5. The minimum absolute atomic E-state index is 0.110. The molecule has 0 saturated heterocycles. The molecule has 0 unspecified atom stereocenters. The molecule has 1 heterocycles. The molecule has 0 saturated carbocycles. The fourth-order valence-electron chi connectivity index (χ4n) is 2.89. The number of nitrogens with zero attached hydrogens (tertiary/aromatic N) is 1. The fourth-order valence-corrected chi connectivity index (χ4v) is 3.37. The lowest BCUT2D eigenvalue weighted by Gasteiger charge is -2.22. The van der Waals surface area contributed by atoms with E-state index in [1.54, 1.807) is 19.1 Å². The van der Waals surface area contributed by atoms with Gasteiger partial charge in [-0.05, 0) is 37.6 Å². The number of fused-ring (bicyclic) bond motifs is 1. The number of halogens is 3. The summed E-state index contributed by atoms with van der Waals surface area (Å²) in [6.07, 6.45) is 0. The molecule has 0 radical (unpaired) electrons. The van der Waals surface area contributed by atoms with Crippen LogP contribution in [0.4, 0.5) is 5.69 Å². The van der Waals surface area contributed by atoms with Gasteiger partial charge in [-0.15, -0.1) is 0 Å². The Labute approximate surface area is 176 Å². The number of carbonyl (C=O) groups is 3. The smallest absolute Gasteiger partial charge is 0.262 e. The Morgan fingerprint density at radius 3 is 2.04 bits per heavy atom. The topological polar surface area (TPSA) is 75.7 Å². The molecule has 28 heavy (non-hydrogen) atoms. The molecular formula is C19H15Cl3N2O4. The second-order valence-electron chi connectivity index (χ2n) is 6.26. The van der Waals surface area contributed by atoms with Crippen molar-refractivity contribution in [1.82, 2.24) is 4.90 Å². The van der Waals surface area contributed by atoms with Gasteiger partial charge in [-0.1, -0.05) is 34.8 Å². The van der Waals surface area contributed by atoms with E-state index in [0.717, 1.165) is 10.5 Å². The lowest BCUT2D eigenvalue weighted by atomic mass is 10.1. The largest absolute Gasteiger partial charge is 0.495 e. The van der Waals surface area contributed by atoms with Gasteiger partial charge in [0.1, 0.15) is 11.8 Å². The van der Waals surface area contributed by atoms with Crippen molar-refractivity contribution in [2.75, 3.05) is 12.4 Å². The highest BCUT2D eigenvalue weighted by Crippen LogP contribution is 2.34. The molecule has 1 aliphatic heterocycles. The van der Waals surface area contributed by atoms with Gasteiger partial charge in [0.2, 0.25) is 5.91 Å². The number of benzene rings is 2. The predicted octanol–water partition coefficient (Wildman–Crippen LogP) is 4.59. The van der Waals surface area contributed by atoms with Crippen LogP contribution in [0.3, 0.4) is 0 Å². The quantitative estimate of drug-likeness (QED) is 0.704. The van der Waals surface area contributed by atoms with Gasteiger partial charge in [0.05, 0.1) is 34.0 Å². The molecule has 0 bridgehead atoms. The van der Waals surface area contributed by atoms with Gasteiger partial charge in [0.25, 0.3) is 11.8 Å². The zero-order valence-corrected chi connectivity index (χ0v) is 17.4. The maximum absolute atomic E-state index is 12.7. The molecule has 2 aromatic rings. The molecule has 1 N–H and O–H groups in total. The number of carbonyl (C=O) groups excluding carboxylic acids is 3. The number of hydrogen-bond acceptors (Lipinski definition) is 4. The number of aryl methyl sites for hydroxylation is 1. The number of nitrogens with one attached hydrogen (secondary N) is 1. The summed E-state index contributed by atoms with van der Waals surface area (Å²) in [7, 11) is 1.44. The summed E-state index contributed by atoms with van der Waals surface area (Å²) >= 11 is 18.0. The number of imide groups is 1. The molecular weight excluding hydrogens is 427 g/mol. The molecule has 1 atom stereocenters. The van der Waals surface area contributed by atoms with Gasteiger partial charge in [0, 0.05) is 11.1 Å². The number of hydrogen-bond donors (Lipinski definition) is 1. The van der Waals surface area contributed by atoms with E-state index in [4.69, 9.17) is 39.5 Å². The molecule has 6 nitrogen and oxygen atoms in total.